The molecule has 110 valence electrons. The molecule has 2 aromatic rings. The minimum atomic E-state index is -0.187. The number of carbonyl (C=O) groups excluding carboxylic acids is 1. The molecule has 1 aromatic heterocycles. The van der Waals surface area contributed by atoms with Gasteiger partial charge in [0.25, 0.3) is 0 Å². The van der Waals surface area contributed by atoms with Crippen LogP contribution in [0.5, 0.6) is 5.75 Å². The number of amides is 1. The van der Waals surface area contributed by atoms with Gasteiger partial charge < -0.3 is 15.8 Å². The predicted molar refractivity (Wildman–Crippen MR) is 83.6 cm³/mol. The highest BCUT2D eigenvalue weighted by molar-refractivity contribution is 6.32. The van der Waals surface area contributed by atoms with Crippen LogP contribution >= 0.6 is 11.6 Å². The average Bonchev–Trinajstić information content (AvgIpc) is 2.43. The monoisotopic (exact) mass is 305 g/mol. The van der Waals surface area contributed by atoms with Gasteiger partial charge in [-0.05, 0) is 30.7 Å². The minimum absolute atomic E-state index is 0.187. The van der Waals surface area contributed by atoms with Gasteiger partial charge in [0, 0.05) is 18.0 Å². The molecule has 0 spiro atoms. The van der Waals surface area contributed by atoms with Gasteiger partial charge in [0.2, 0.25) is 5.91 Å². The Hall–Kier alpha value is -2.27. The van der Waals surface area contributed by atoms with E-state index in [9.17, 15) is 4.79 Å². The number of nitrogen functional groups attached to an aromatic ring is 1. The first-order chi connectivity index (χ1) is 10.0. The molecule has 0 aliphatic heterocycles. The van der Waals surface area contributed by atoms with E-state index in [4.69, 9.17) is 22.1 Å². The lowest BCUT2D eigenvalue weighted by Crippen LogP contribution is -2.15. The van der Waals surface area contributed by atoms with Crippen LogP contribution in [0.1, 0.15) is 12.0 Å². The first-order valence-corrected chi connectivity index (χ1v) is 6.83. The van der Waals surface area contributed by atoms with Crippen LogP contribution in [0.15, 0.2) is 36.5 Å². The summed E-state index contributed by atoms with van der Waals surface area (Å²) in [5.41, 5.74) is 7.69. The number of anilines is 2. The lowest BCUT2D eigenvalue weighted by atomic mass is 10.3. The van der Waals surface area contributed by atoms with Gasteiger partial charge in [-0.1, -0.05) is 17.7 Å². The molecule has 0 radical (unpaired) electrons. The topological polar surface area (TPSA) is 77.2 Å². The van der Waals surface area contributed by atoms with Gasteiger partial charge in [0.1, 0.15) is 5.75 Å². The molecular formula is C15H16ClN3O2. The van der Waals surface area contributed by atoms with E-state index in [2.05, 4.69) is 10.3 Å². The van der Waals surface area contributed by atoms with Crippen molar-refractivity contribution in [2.24, 2.45) is 0 Å². The van der Waals surface area contributed by atoms with Crippen molar-refractivity contribution in [3.05, 3.63) is 47.2 Å². The molecule has 0 unspecified atom stereocenters. The molecule has 0 saturated heterocycles. The third-order valence-electron chi connectivity index (χ3n) is 2.71. The third kappa shape index (κ3) is 4.65. The summed E-state index contributed by atoms with van der Waals surface area (Å²) in [7, 11) is 0. The minimum Gasteiger partial charge on any atom is -0.493 e. The summed E-state index contributed by atoms with van der Waals surface area (Å²) in [6, 6.07) is 8.83. The van der Waals surface area contributed by atoms with Gasteiger partial charge >= 0.3 is 0 Å². The maximum absolute atomic E-state index is 11.8. The number of hydrogen-bond donors (Lipinski definition) is 2. The van der Waals surface area contributed by atoms with Crippen molar-refractivity contribution < 1.29 is 9.53 Å². The summed E-state index contributed by atoms with van der Waals surface area (Å²) in [5, 5.41) is 2.98. The van der Waals surface area contributed by atoms with Crippen LogP contribution in [0, 0.1) is 6.92 Å². The lowest BCUT2D eigenvalue weighted by Gasteiger charge is -2.09. The SMILES string of the molecule is Cc1cnc(Cl)c(NC(=O)CCOc2cccc(N)c2)c1. The van der Waals surface area contributed by atoms with E-state index in [1.165, 1.54) is 0 Å². The summed E-state index contributed by atoms with van der Waals surface area (Å²) >= 11 is 5.92. The van der Waals surface area contributed by atoms with Crippen LogP contribution in [0.25, 0.3) is 0 Å². The first-order valence-electron chi connectivity index (χ1n) is 6.45. The van der Waals surface area contributed by atoms with Gasteiger partial charge in [-0.25, -0.2) is 4.98 Å². The van der Waals surface area contributed by atoms with E-state index in [0.717, 1.165) is 5.56 Å². The van der Waals surface area contributed by atoms with Crippen molar-refractivity contribution >= 4 is 28.9 Å². The number of nitrogens with zero attached hydrogens (tertiary/aromatic N) is 1. The molecule has 21 heavy (non-hydrogen) atoms. The van der Waals surface area contributed by atoms with Gasteiger partial charge in [-0.2, -0.15) is 0 Å². The number of halogens is 1. The summed E-state index contributed by atoms with van der Waals surface area (Å²) in [4.78, 5) is 15.8. The molecule has 0 bridgehead atoms. The predicted octanol–water partition coefficient (Wildman–Crippen LogP) is 3.03. The summed E-state index contributed by atoms with van der Waals surface area (Å²) in [5.74, 6) is 0.450. The number of hydrogen-bond acceptors (Lipinski definition) is 4. The Balaban J connectivity index is 1.84. The smallest absolute Gasteiger partial charge is 0.227 e. The number of nitrogens with two attached hydrogens (primary N) is 1. The number of rotatable bonds is 5. The van der Waals surface area contributed by atoms with Crippen molar-refractivity contribution in [3.63, 3.8) is 0 Å². The molecule has 1 heterocycles. The quantitative estimate of drug-likeness (QED) is 0.657. The Morgan fingerprint density at radius 1 is 1.43 bits per heavy atom. The normalized spacial score (nSPS) is 10.2. The van der Waals surface area contributed by atoms with Crippen LogP contribution in [0.3, 0.4) is 0 Å². The van der Waals surface area contributed by atoms with Crippen molar-refractivity contribution in [1.29, 1.82) is 0 Å². The Kier molecular flexibility index (Phi) is 5.00. The Labute approximate surface area is 128 Å². The molecule has 0 aliphatic carbocycles. The third-order valence-corrected chi connectivity index (χ3v) is 3.01. The van der Waals surface area contributed by atoms with E-state index < -0.39 is 0 Å². The zero-order valence-corrected chi connectivity index (χ0v) is 12.4. The molecule has 0 aliphatic rings. The van der Waals surface area contributed by atoms with Gasteiger partial charge in [-0.15, -0.1) is 0 Å². The molecule has 5 nitrogen and oxygen atoms in total. The molecular weight excluding hydrogens is 290 g/mol. The van der Waals surface area contributed by atoms with Crippen molar-refractivity contribution in [3.8, 4) is 5.75 Å². The molecule has 1 amide bonds. The molecule has 0 atom stereocenters. The second-order valence-electron chi connectivity index (χ2n) is 4.57. The lowest BCUT2D eigenvalue weighted by molar-refractivity contribution is -0.116. The fraction of sp³-hybridized carbons (Fsp3) is 0.200. The van der Waals surface area contributed by atoms with Crippen LogP contribution in [0.2, 0.25) is 5.15 Å². The Morgan fingerprint density at radius 2 is 2.24 bits per heavy atom. The summed E-state index contributed by atoms with van der Waals surface area (Å²) in [6.45, 7) is 2.13. The van der Waals surface area contributed by atoms with E-state index >= 15 is 0 Å². The zero-order valence-electron chi connectivity index (χ0n) is 11.6. The number of ether oxygens (including phenoxy) is 1. The fourth-order valence-electron chi connectivity index (χ4n) is 1.72. The molecule has 0 saturated carbocycles. The highest BCUT2D eigenvalue weighted by Gasteiger charge is 2.07. The first kappa shape index (κ1) is 15.1. The molecule has 2 rings (SSSR count). The van der Waals surface area contributed by atoms with Gasteiger partial charge in [0.05, 0.1) is 18.7 Å². The Bertz CT molecular complexity index is 647. The fourth-order valence-corrected chi connectivity index (χ4v) is 1.87. The zero-order chi connectivity index (χ0) is 15.2. The Morgan fingerprint density at radius 3 is 3.00 bits per heavy atom. The molecule has 6 heteroatoms. The van der Waals surface area contributed by atoms with Crippen LogP contribution in [-0.2, 0) is 4.79 Å². The van der Waals surface area contributed by atoms with Gasteiger partial charge in [0.15, 0.2) is 5.15 Å². The molecule has 1 aromatic carbocycles. The standard InChI is InChI=1S/C15H16ClN3O2/c1-10-7-13(15(16)18-9-10)19-14(20)5-6-21-12-4-2-3-11(17)8-12/h2-4,7-9H,5-6,17H2,1H3,(H,19,20). The number of carbonyl (C=O) groups is 1. The number of nitrogens with one attached hydrogen (secondary N) is 1. The number of aromatic nitrogens is 1. The average molecular weight is 306 g/mol. The second kappa shape index (κ2) is 6.95. The van der Waals surface area contributed by atoms with Gasteiger partial charge in [-0.3, -0.25) is 4.79 Å². The maximum atomic E-state index is 11.8. The van der Waals surface area contributed by atoms with Crippen LogP contribution in [0.4, 0.5) is 11.4 Å². The second-order valence-corrected chi connectivity index (χ2v) is 4.93. The van der Waals surface area contributed by atoms with Crippen molar-refractivity contribution in [2.75, 3.05) is 17.7 Å². The highest BCUT2D eigenvalue weighted by Crippen LogP contribution is 2.20. The number of aryl methyl sites for hydroxylation is 1. The maximum Gasteiger partial charge on any atom is 0.227 e. The molecule has 3 N–H and O–H groups in total. The van der Waals surface area contributed by atoms with E-state index in [1.807, 2.05) is 6.92 Å². The number of pyridine rings is 1. The largest absolute Gasteiger partial charge is 0.493 e. The van der Waals surface area contributed by atoms with E-state index in [-0.39, 0.29) is 24.1 Å². The van der Waals surface area contributed by atoms with Crippen LogP contribution < -0.4 is 15.8 Å². The summed E-state index contributed by atoms with van der Waals surface area (Å²) < 4.78 is 5.46. The van der Waals surface area contributed by atoms with E-state index in [1.54, 1.807) is 36.5 Å². The van der Waals surface area contributed by atoms with Crippen molar-refractivity contribution in [2.45, 2.75) is 13.3 Å². The van der Waals surface area contributed by atoms with Crippen LogP contribution in [-0.4, -0.2) is 17.5 Å². The van der Waals surface area contributed by atoms with Crippen molar-refractivity contribution in [1.82, 2.24) is 4.98 Å². The highest BCUT2D eigenvalue weighted by atomic mass is 35.5. The molecule has 0 fully saturated rings. The summed E-state index contributed by atoms with van der Waals surface area (Å²) in [6.07, 6.45) is 1.85. The van der Waals surface area contributed by atoms with E-state index in [0.29, 0.717) is 17.1 Å². The number of benzene rings is 1.